The maximum Gasteiger partial charge on any atom is 0.310 e. The molecule has 1 heterocycles. The molecule has 138 valence electrons. The minimum atomic E-state index is 0.00871. The van der Waals surface area contributed by atoms with Crippen LogP contribution in [0.4, 0.5) is 0 Å². The van der Waals surface area contributed by atoms with Crippen molar-refractivity contribution in [3.8, 4) is 0 Å². The van der Waals surface area contributed by atoms with Gasteiger partial charge in [-0.25, -0.2) is 0 Å². The van der Waals surface area contributed by atoms with E-state index in [1.165, 1.54) is 5.56 Å². The predicted molar refractivity (Wildman–Crippen MR) is 100 cm³/mol. The monoisotopic (exact) mass is 344 g/mol. The van der Waals surface area contributed by atoms with Gasteiger partial charge >= 0.3 is 5.97 Å². The molecule has 0 amide bonds. The van der Waals surface area contributed by atoms with Crippen LogP contribution in [0.1, 0.15) is 33.3 Å². The Morgan fingerprint density at radius 2 is 1.88 bits per heavy atom. The van der Waals surface area contributed by atoms with Gasteiger partial charge in [0.05, 0.1) is 12.5 Å². The molecule has 0 bridgehead atoms. The van der Waals surface area contributed by atoms with E-state index < -0.39 is 0 Å². The summed E-state index contributed by atoms with van der Waals surface area (Å²) in [5.74, 6) is 1.05. The van der Waals surface area contributed by atoms with Crippen LogP contribution in [0, 0.1) is 17.8 Å². The van der Waals surface area contributed by atoms with Crippen molar-refractivity contribution in [3.63, 3.8) is 0 Å². The van der Waals surface area contributed by atoms with Crippen molar-refractivity contribution < 1.29 is 9.53 Å². The van der Waals surface area contributed by atoms with Gasteiger partial charge in [0.1, 0.15) is 0 Å². The van der Waals surface area contributed by atoms with Gasteiger partial charge < -0.3 is 4.74 Å². The molecule has 1 aromatic carbocycles. The number of likely N-dealkylation sites (tertiary alicyclic amines) is 1. The standard InChI is InChI=1S/C21H32N2O2/c1-5-22(6-2)20-18-15(4)23(13-16-11-9-8-10-12-16)14-17(18)19(20)21(24)25-7-3/h8-12,15,17-20H,5-7,13-14H2,1-4H3/t15-,17+,18-,19+,20+/m0/s1. The van der Waals surface area contributed by atoms with Crippen LogP contribution in [0.3, 0.4) is 0 Å². The number of hydrogen-bond acceptors (Lipinski definition) is 4. The van der Waals surface area contributed by atoms with E-state index in [1.54, 1.807) is 0 Å². The summed E-state index contributed by atoms with van der Waals surface area (Å²) in [5.41, 5.74) is 1.35. The highest BCUT2D eigenvalue weighted by Crippen LogP contribution is 2.52. The summed E-state index contributed by atoms with van der Waals surface area (Å²) in [5, 5.41) is 0. The molecule has 5 atom stereocenters. The van der Waals surface area contributed by atoms with Crippen LogP contribution in [0.25, 0.3) is 0 Å². The molecule has 4 heteroatoms. The maximum absolute atomic E-state index is 12.6. The molecule has 25 heavy (non-hydrogen) atoms. The summed E-state index contributed by atoms with van der Waals surface area (Å²) in [7, 11) is 0. The Morgan fingerprint density at radius 3 is 2.48 bits per heavy atom. The fourth-order valence-electron chi connectivity index (χ4n) is 5.09. The lowest BCUT2D eigenvalue weighted by molar-refractivity contribution is -0.165. The van der Waals surface area contributed by atoms with Crippen LogP contribution in [0.15, 0.2) is 30.3 Å². The van der Waals surface area contributed by atoms with E-state index in [0.29, 0.717) is 30.5 Å². The smallest absolute Gasteiger partial charge is 0.310 e. The molecule has 2 aliphatic rings. The highest BCUT2D eigenvalue weighted by atomic mass is 16.5. The van der Waals surface area contributed by atoms with Gasteiger partial charge in [-0.2, -0.15) is 0 Å². The van der Waals surface area contributed by atoms with E-state index >= 15 is 0 Å². The number of benzene rings is 1. The van der Waals surface area contributed by atoms with Crippen molar-refractivity contribution in [1.82, 2.24) is 9.80 Å². The topological polar surface area (TPSA) is 32.8 Å². The summed E-state index contributed by atoms with van der Waals surface area (Å²) in [4.78, 5) is 17.6. The normalized spacial score (nSPS) is 31.6. The van der Waals surface area contributed by atoms with E-state index in [0.717, 1.165) is 26.2 Å². The molecular formula is C21H32N2O2. The van der Waals surface area contributed by atoms with Crippen LogP contribution >= 0.6 is 0 Å². The Labute approximate surface area is 152 Å². The zero-order valence-corrected chi connectivity index (χ0v) is 16.0. The summed E-state index contributed by atoms with van der Waals surface area (Å²) in [6.45, 7) is 13.1. The number of esters is 1. The van der Waals surface area contributed by atoms with Gasteiger partial charge in [-0.1, -0.05) is 44.2 Å². The van der Waals surface area contributed by atoms with Crippen molar-refractivity contribution in [2.75, 3.05) is 26.2 Å². The number of nitrogens with zero attached hydrogens (tertiary/aromatic N) is 2. The number of fused-ring (bicyclic) bond motifs is 1. The summed E-state index contributed by atoms with van der Waals surface area (Å²) in [6.07, 6.45) is 0. The van der Waals surface area contributed by atoms with Crippen molar-refractivity contribution in [1.29, 1.82) is 0 Å². The fraction of sp³-hybridized carbons (Fsp3) is 0.667. The third kappa shape index (κ3) is 3.34. The van der Waals surface area contributed by atoms with E-state index in [2.05, 4.69) is 60.9 Å². The molecule has 3 rings (SSSR count). The quantitative estimate of drug-likeness (QED) is 0.712. The lowest BCUT2D eigenvalue weighted by Gasteiger charge is -2.52. The molecule has 2 fully saturated rings. The average Bonchev–Trinajstić information content (AvgIpc) is 2.85. The van der Waals surface area contributed by atoms with E-state index in [-0.39, 0.29) is 11.9 Å². The third-order valence-corrected chi connectivity index (χ3v) is 6.32. The fourth-order valence-corrected chi connectivity index (χ4v) is 5.09. The molecule has 1 saturated carbocycles. The first-order valence-electron chi connectivity index (χ1n) is 9.80. The summed E-state index contributed by atoms with van der Waals surface area (Å²) >= 11 is 0. The molecule has 0 unspecified atom stereocenters. The van der Waals surface area contributed by atoms with Crippen molar-refractivity contribution in [2.24, 2.45) is 17.8 Å². The van der Waals surface area contributed by atoms with Gasteiger partial charge in [-0.3, -0.25) is 14.6 Å². The van der Waals surface area contributed by atoms with Crippen LogP contribution in [-0.4, -0.2) is 54.1 Å². The average molecular weight is 344 g/mol. The molecular weight excluding hydrogens is 312 g/mol. The number of carbonyl (C=O) groups is 1. The van der Waals surface area contributed by atoms with Crippen molar-refractivity contribution in [3.05, 3.63) is 35.9 Å². The van der Waals surface area contributed by atoms with Crippen LogP contribution in [-0.2, 0) is 16.1 Å². The predicted octanol–water partition coefficient (Wildman–Crippen LogP) is 3.03. The molecule has 0 N–H and O–H groups in total. The molecule has 0 radical (unpaired) electrons. The van der Waals surface area contributed by atoms with Crippen LogP contribution < -0.4 is 0 Å². The molecule has 0 spiro atoms. The zero-order chi connectivity index (χ0) is 18.0. The van der Waals surface area contributed by atoms with Gasteiger partial charge in [-0.15, -0.1) is 0 Å². The van der Waals surface area contributed by atoms with E-state index in [1.807, 2.05) is 6.92 Å². The minimum Gasteiger partial charge on any atom is -0.466 e. The van der Waals surface area contributed by atoms with E-state index in [9.17, 15) is 4.79 Å². The molecule has 0 aromatic heterocycles. The Balaban J connectivity index is 1.78. The highest BCUT2D eigenvalue weighted by Gasteiger charge is 2.62. The zero-order valence-electron chi connectivity index (χ0n) is 16.0. The molecule has 1 saturated heterocycles. The van der Waals surface area contributed by atoms with Gasteiger partial charge in [0.15, 0.2) is 0 Å². The Bertz CT molecular complexity index is 573. The third-order valence-electron chi connectivity index (χ3n) is 6.32. The summed E-state index contributed by atoms with van der Waals surface area (Å²) < 4.78 is 5.43. The van der Waals surface area contributed by atoms with Gasteiger partial charge in [0, 0.05) is 25.2 Å². The number of hydrogen-bond donors (Lipinski definition) is 0. The molecule has 1 aliphatic heterocycles. The number of ether oxygens (including phenoxy) is 1. The number of rotatable bonds is 7. The molecule has 1 aromatic rings. The van der Waals surface area contributed by atoms with Crippen LogP contribution in [0.5, 0.6) is 0 Å². The largest absolute Gasteiger partial charge is 0.466 e. The lowest BCUT2D eigenvalue weighted by atomic mass is 9.59. The van der Waals surface area contributed by atoms with E-state index in [4.69, 9.17) is 4.74 Å². The van der Waals surface area contributed by atoms with Gasteiger partial charge in [-0.05, 0) is 44.3 Å². The first-order valence-corrected chi connectivity index (χ1v) is 9.80. The second-order valence-corrected chi connectivity index (χ2v) is 7.39. The number of carbonyl (C=O) groups excluding carboxylic acids is 1. The first kappa shape index (κ1) is 18.4. The SMILES string of the molecule is CCOC(=O)[C@@H]1[C@@H]2CN(Cc3ccccc3)[C@@H](C)[C@@H]2[C@H]1N(CC)CC. The second kappa shape index (κ2) is 7.88. The van der Waals surface area contributed by atoms with Crippen molar-refractivity contribution >= 4 is 5.97 Å². The maximum atomic E-state index is 12.6. The lowest BCUT2D eigenvalue weighted by Crippen LogP contribution is -2.63. The van der Waals surface area contributed by atoms with Gasteiger partial charge in [0.2, 0.25) is 0 Å². The highest BCUT2D eigenvalue weighted by molar-refractivity contribution is 5.75. The Kier molecular flexibility index (Phi) is 5.80. The minimum absolute atomic E-state index is 0.00871. The Morgan fingerprint density at radius 1 is 1.20 bits per heavy atom. The van der Waals surface area contributed by atoms with Crippen LogP contribution in [0.2, 0.25) is 0 Å². The molecule has 4 nitrogen and oxygen atoms in total. The Hall–Kier alpha value is -1.39. The van der Waals surface area contributed by atoms with Crippen molar-refractivity contribution in [2.45, 2.75) is 46.3 Å². The molecule has 1 aliphatic carbocycles. The first-order chi connectivity index (χ1) is 12.1. The van der Waals surface area contributed by atoms with Gasteiger partial charge in [0.25, 0.3) is 0 Å². The summed E-state index contributed by atoms with van der Waals surface area (Å²) in [6, 6.07) is 11.5. The second-order valence-electron chi connectivity index (χ2n) is 7.39.